The van der Waals surface area contributed by atoms with Crippen LogP contribution in [0.1, 0.15) is 42.2 Å². The number of benzene rings is 2. The molecule has 0 spiro atoms. The standard InChI is InChI=1S/C26H25N3O3/c1-16-12-13-18(15-17(16)2)27-26(31)29-21-9-4-3-7-19(21)28-20-8-5-10-22(30)24(20)25(29)23-11-6-14-32-23/h3-4,6-7,9,11-15,25,28H,5,8,10H2,1-2H3,(H,27,31)/t25-/m0/s1. The van der Waals surface area contributed by atoms with Crippen molar-refractivity contribution in [2.24, 2.45) is 0 Å². The van der Waals surface area contributed by atoms with Gasteiger partial charge >= 0.3 is 6.03 Å². The summed E-state index contributed by atoms with van der Waals surface area (Å²) in [5, 5.41) is 6.48. The predicted octanol–water partition coefficient (Wildman–Crippen LogP) is 6.11. The molecule has 6 nitrogen and oxygen atoms in total. The van der Waals surface area contributed by atoms with Crippen LogP contribution >= 0.6 is 0 Å². The average Bonchev–Trinajstić information content (AvgIpc) is 3.25. The summed E-state index contributed by atoms with van der Waals surface area (Å²) in [5.74, 6) is 0.596. The minimum Gasteiger partial charge on any atom is -0.467 e. The number of fused-ring (bicyclic) bond motifs is 1. The second-order valence-corrected chi connectivity index (χ2v) is 8.33. The maximum Gasteiger partial charge on any atom is 0.327 e. The Bertz CT molecular complexity index is 1230. The van der Waals surface area contributed by atoms with Crippen molar-refractivity contribution < 1.29 is 14.0 Å². The van der Waals surface area contributed by atoms with E-state index in [-0.39, 0.29) is 11.8 Å². The van der Waals surface area contributed by atoms with Gasteiger partial charge in [0.15, 0.2) is 5.78 Å². The van der Waals surface area contributed by atoms with Crippen molar-refractivity contribution in [3.63, 3.8) is 0 Å². The number of furan rings is 1. The van der Waals surface area contributed by atoms with Gasteiger partial charge in [0.25, 0.3) is 0 Å². The van der Waals surface area contributed by atoms with Crippen LogP contribution in [0.2, 0.25) is 0 Å². The topological polar surface area (TPSA) is 74.6 Å². The second-order valence-electron chi connectivity index (χ2n) is 8.33. The fraction of sp³-hybridized carbons (Fsp3) is 0.231. The van der Waals surface area contributed by atoms with Crippen molar-refractivity contribution in [2.75, 3.05) is 15.5 Å². The first-order valence-electron chi connectivity index (χ1n) is 10.9. The van der Waals surface area contributed by atoms with Gasteiger partial charge in [-0.15, -0.1) is 0 Å². The van der Waals surface area contributed by atoms with Crippen molar-refractivity contribution in [3.05, 3.63) is 89.0 Å². The summed E-state index contributed by atoms with van der Waals surface area (Å²) in [4.78, 5) is 28.6. The molecule has 2 aromatic carbocycles. The molecule has 0 fully saturated rings. The molecule has 0 saturated carbocycles. The lowest BCUT2D eigenvalue weighted by atomic mass is 9.88. The van der Waals surface area contributed by atoms with Crippen LogP contribution in [-0.2, 0) is 4.79 Å². The molecule has 5 rings (SSSR count). The number of anilines is 3. The molecule has 0 saturated heterocycles. The molecule has 2 amide bonds. The molecule has 32 heavy (non-hydrogen) atoms. The average molecular weight is 428 g/mol. The SMILES string of the molecule is Cc1ccc(NC(=O)N2c3ccccc3NC3=C(C(=O)CCC3)[C@@H]2c2ccco2)cc1C. The van der Waals surface area contributed by atoms with Crippen molar-refractivity contribution in [3.8, 4) is 0 Å². The molecule has 162 valence electrons. The molecular formula is C26H25N3O3. The minimum absolute atomic E-state index is 0.0388. The number of carbonyl (C=O) groups excluding carboxylic acids is 2. The van der Waals surface area contributed by atoms with Gasteiger partial charge in [0, 0.05) is 23.4 Å². The smallest absolute Gasteiger partial charge is 0.327 e. The Kier molecular flexibility index (Phi) is 5.05. The first kappa shape index (κ1) is 20.1. The maximum absolute atomic E-state index is 13.8. The van der Waals surface area contributed by atoms with Crippen LogP contribution < -0.4 is 15.5 Å². The molecule has 3 aromatic rings. The Morgan fingerprint density at radius 3 is 2.69 bits per heavy atom. The summed E-state index contributed by atoms with van der Waals surface area (Å²) in [7, 11) is 0. The number of nitrogens with zero attached hydrogens (tertiary/aromatic N) is 1. The summed E-state index contributed by atoms with van der Waals surface area (Å²) in [6.45, 7) is 4.05. The monoisotopic (exact) mass is 427 g/mol. The van der Waals surface area contributed by atoms with E-state index in [0.29, 0.717) is 29.1 Å². The van der Waals surface area contributed by atoms with Gasteiger partial charge < -0.3 is 15.1 Å². The Hall–Kier alpha value is -3.80. The number of ketones is 1. The van der Waals surface area contributed by atoms with Gasteiger partial charge in [-0.25, -0.2) is 4.79 Å². The third-order valence-electron chi connectivity index (χ3n) is 6.23. The molecule has 6 heteroatoms. The van der Waals surface area contributed by atoms with E-state index in [1.165, 1.54) is 0 Å². The lowest BCUT2D eigenvalue weighted by Crippen LogP contribution is -2.40. The van der Waals surface area contributed by atoms with Gasteiger partial charge in [-0.05, 0) is 74.2 Å². The molecule has 1 aliphatic heterocycles. The Morgan fingerprint density at radius 2 is 1.91 bits per heavy atom. The second kappa shape index (κ2) is 8.04. The highest BCUT2D eigenvalue weighted by Crippen LogP contribution is 2.45. The van der Waals surface area contributed by atoms with Crippen LogP contribution in [0, 0.1) is 13.8 Å². The molecule has 1 aliphatic carbocycles. The number of para-hydroxylation sites is 2. The van der Waals surface area contributed by atoms with E-state index in [0.717, 1.165) is 35.4 Å². The Labute approximate surface area is 186 Å². The number of allylic oxidation sites excluding steroid dienone is 1. The summed E-state index contributed by atoms with van der Waals surface area (Å²) >= 11 is 0. The zero-order chi connectivity index (χ0) is 22.2. The molecule has 0 unspecified atom stereocenters. The van der Waals surface area contributed by atoms with Gasteiger partial charge in [-0.2, -0.15) is 0 Å². The first-order valence-corrected chi connectivity index (χ1v) is 10.9. The number of carbonyl (C=O) groups is 2. The zero-order valence-corrected chi connectivity index (χ0v) is 18.1. The highest BCUT2D eigenvalue weighted by atomic mass is 16.3. The van der Waals surface area contributed by atoms with Crippen LogP contribution in [0.15, 0.2) is 76.5 Å². The lowest BCUT2D eigenvalue weighted by Gasteiger charge is -2.32. The molecule has 2 N–H and O–H groups in total. The number of nitrogens with one attached hydrogen (secondary N) is 2. The molecule has 0 radical (unpaired) electrons. The van der Waals surface area contributed by atoms with Crippen LogP contribution in [0.4, 0.5) is 21.9 Å². The van der Waals surface area contributed by atoms with Gasteiger partial charge in [0.1, 0.15) is 11.8 Å². The van der Waals surface area contributed by atoms with Crippen LogP contribution in [0.5, 0.6) is 0 Å². The number of rotatable bonds is 2. The quantitative estimate of drug-likeness (QED) is 0.517. The number of amides is 2. The van der Waals surface area contributed by atoms with E-state index in [4.69, 9.17) is 4.42 Å². The number of hydrogen-bond acceptors (Lipinski definition) is 4. The molecular weight excluding hydrogens is 402 g/mol. The Balaban J connectivity index is 1.66. The molecule has 1 atom stereocenters. The van der Waals surface area contributed by atoms with Crippen LogP contribution in [0.3, 0.4) is 0 Å². The van der Waals surface area contributed by atoms with Crippen LogP contribution in [0.25, 0.3) is 0 Å². The lowest BCUT2D eigenvalue weighted by molar-refractivity contribution is -0.116. The van der Waals surface area contributed by atoms with Gasteiger partial charge in [-0.1, -0.05) is 18.2 Å². The van der Waals surface area contributed by atoms with Gasteiger partial charge in [-0.3, -0.25) is 9.69 Å². The highest BCUT2D eigenvalue weighted by Gasteiger charge is 2.41. The summed E-state index contributed by atoms with van der Waals surface area (Å²) < 4.78 is 5.77. The first-order chi connectivity index (χ1) is 15.5. The minimum atomic E-state index is -0.657. The van der Waals surface area contributed by atoms with E-state index in [1.807, 2.05) is 62.4 Å². The fourth-order valence-electron chi connectivity index (χ4n) is 4.48. The summed E-state index contributed by atoms with van der Waals surface area (Å²) in [6.07, 6.45) is 3.57. The van der Waals surface area contributed by atoms with Crippen molar-refractivity contribution in [1.29, 1.82) is 0 Å². The fourth-order valence-corrected chi connectivity index (χ4v) is 4.48. The third kappa shape index (κ3) is 3.47. The molecule has 1 aromatic heterocycles. The van der Waals surface area contributed by atoms with Gasteiger partial charge in [0.05, 0.1) is 17.6 Å². The summed E-state index contributed by atoms with van der Waals surface area (Å²) in [5.41, 5.74) is 5.89. The van der Waals surface area contributed by atoms with Gasteiger partial charge in [0.2, 0.25) is 0 Å². The maximum atomic E-state index is 13.8. The van der Waals surface area contributed by atoms with Crippen molar-refractivity contribution in [1.82, 2.24) is 0 Å². The van der Waals surface area contributed by atoms with E-state index in [9.17, 15) is 9.59 Å². The predicted molar refractivity (Wildman–Crippen MR) is 125 cm³/mol. The molecule has 0 bridgehead atoms. The van der Waals surface area contributed by atoms with Crippen molar-refractivity contribution >= 4 is 28.9 Å². The normalized spacial score (nSPS) is 17.9. The number of Topliss-reactive ketones (excluding diaryl/α,β-unsaturated/α-hetero) is 1. The largest absolute Gasteiger partial charge is 0.467 e. The van der Waals surface area contributed by atoms with E-state index in [1.54, 1.807) is 17.2 Å². The van der Waals surface area contributed by atoms with Crippen LogP contribution in [-0.4, -0.2) is 11.8 Å². The number of hydrogen-bond donors (Lipinski definition) is 2. The summed E-state index contributed by atoms with van der Waals surface area (Å²) in [6, 6.07) is 16.1. The number of urea groups is 1. The highest BCUT2D eigenvalue weighted by molar-refractivity contribution is 6.09. The number of aryl methyl sites for hydroxylation is 2. The molecule has 2 heterocycles. The van der Waals surface area contributed by atoms with E-state index < -0.39 is 6.04 Å². The Morgan fingerprint density at radius 1 is 1.06 bits per heavy atom. The third-order valence-corrected chi connectivity index (χ3v) is 6.23. The van der Waals surface area contributed by atoms with E-state index in [2.05, 4.69) is 10.6 Å². The van der Waals surface area contributed by atoms with Crippen molar-refractivity contribution in [2.45, 2.75) is 39.2 Å². The molecule has 2 aliphatic rings. The van der Waals surface area contributed by atoms with E-state index >= 15 is 0 Å². The zero-order valence-electron chi connectivity index (χ0n) is 18.1.